The minimum absolute atomic E-state index is 0.0534. The fourth-order valence-electron chi connectivity index (χ4n) is 6.03. The molecule has 52 heavy (non-hydrogen) atoms. The van der Waals surface area contributed by atoms with Crippen LogP contribution >= 0.6 is 11.3 Å². The van der Waals surface area contributed by atoms with Crippen LogP contribution < -0.4 is 14.8 Å². The molecule has 0 bridgehead atoms. The molecule has 0 unspecified atom stereocenters. The first-order chi connectivity index (χ1) is 24.5. The SMILES string of the molecule is COc1ccc(S(=O)(=O)N(CC(C)C)C[C@@H](O)[C@H](Cc2ccccc2)NC(=O)[C@H](C(C)C)N2CCN(Cc3csc(CNS(C)(=O)=O)n3)C2=O)cc1. The normalized spacial score (nSPS) is 15.8. The molecule has 1 aliphatic heterocycles. The van der Waals surface area contributed by atoms with Crippen LogP contribution in [0.4, 0.5) is 4.79 Å². The van der Waals surface area contributed by atoms with Crippen LogP contribution in [0.2, 0.25) is 0 Å². The number of carbonyl (C=O) groups excluding carboxylic acids is 2. The van der Waals surface area contributed by atoms with Gasteiger partial charge in [-0.1, -0.05) is 58.0 Å². The van der Waals surface area contributed by atoms with Gasteiger partial charge < -0.3 is 25.0 Å². The Hall–Kier alpha value is -3.61. The first kappa shape index (κ1) is 41.2. The Bertz CT molecular complexity index is 1850. The smallest absolute Gasteiger partial charge is 0.321 e. The summed E-state index contributed by atoms with van der Waals surface area (Å²) >= 11 is 1.29. The van der Waals surface area contributed by atoms with E-state index in [4.69, 9.17) is 4.74 Å². The van der Waals surface area contributed by atoms with Crippen LogP contribution in [0.1, 0.15) is 44.0 Å². The summed E-state index contributed by atoms with van der Waals surface area (Å²) in [7, 11) is -5.92. The zero-order valence-corrected chi connectivity index (χ0v) is 32.9. The van der Waals surface area contributed by atoms with E-state index in [0.29, 0.717) is 23.0 Å². The van der Waals surface area contributed by atoms with Crippen molar-refractivity contribution in [1.29, 1.82) is 0 Å². The van der Waals surface area contributed by atoms with E-state index >= 15 is 0 Å². The van der Waals surface area contributed by atoms with E-state index in [0.717, 1.165) is 11.8 Å². The highest BCUT2D eigenvalue weighted by Gasteiger charge is 2.40. The largest absolute Gasteiger partial charge is 0.497 e. The maximum absolute atomic E-state index is 14.1. The van der Waals surface area contributed by atoms with Gasteiger partial charge in [0.25, 0.3) is 0 Å². The van der Waals surface area contributed by atoms with Gasteiger partial charge in [-0.05, 0) is 48.1 Å². The van der Waals surface area contributed by atoms with E-state index in [9.17, 15) is 31.5 Å². The summed E-state index contributed by atoms with van der Waals surface area (Å²) in [6.07, 6.45) is -0.0108. The minimum Gasteiger partial charge on any atom is -0.497 e. The van der Waals surface area contributed by atoms with Crippen molar-refractivity contribution in [2.75, 3.05) is 39.5 Å². The molecule has 1 saturated heterocycles. The fraction of sp³-hybridized carbons (Fsp3) is 0.514. The van der Waals surface area contributed by atoms with Crippen LogP contribution in [0.25, 0.3) is 0 Å². The van der Waals surface area contributed by atoms with Gasteiger partial charge in [-0.25, -0.2) is 31.3 Å². The predicted octanol–water partition coefficient (Wildman–Crippen LogP) is 2.90. The van der Waals surface area contributed by atoms with Crippen molar-refractivity contribution in [3.8, 4) is 5.75 Å². The van der Waals surface area contributed by atoms with Crippen molar-refractivity contribution in [2.24, 2.45) is 11.8 Å². The van der Waals surface area contributed by atoms with Crippen LogP contribution in [0.5, 0.6) is 5.75 Å². The maximum atomic E-state index is 14.1. The Balaban J connectivity index is 1.53. The van der Waals surface area contributed by atoms with Gasteiger partial charge in [0, 0.05) is 31.6 Å². The second kappa shape index (κ2) is 17.9. The number of benzene rings is 2. The Morgan fingerprint density at radius 1 is 1.02 bits per heavy atom. The summed E-state index contributed by atoms with van der Waals surface area (Å²) in [5.41, 5.74) is 1.44. The van der Waals surface area contributed by atoms with Gasteiger partial charge in [-0.2, -0.15) is 4.31 Å². The Morgan fingerprint density at radius 2 is 1.69 bits per heavy atom. The molecule has 2 heterocycles. The molecule has 3 N–H and O–H groups in total. The summed E-state index contributed by atoms with van der Waals surface area (Å²) < 4.78 is 59.5. The number of nitrogens with one attached hydrogen (secondary N) is 2. The number of hydrogen-bond acceptors (Lipinski definition) is 10. The summed E-state index contributed by atoms with van der Waals surface area (Å²) in [6, 6.07) is 13.2. The summed E-state index contributed by atoms with van der Waals surface area (Å²) in [6.45, 7) is 8.22. The number of aliphatic hydroxyl groups is 1. The molecule has 3 amide bonds. The van der Waals surface area contributed by atoms with E-state index in [1.165, 1.54) is 39.8 Å². The molecule has 0 aliphatic carbocycles. The van der Waals surface area contributed by atoms with E-state index in [1.54, 1.807) is 22.4 Å². The molecule has 1 aliphatic rings. The van der Waals surface area contributed by atoms with Gasteiger partial charge in [0.15, 0.2) is 0 Å². The van der Waals surface area contributed by atoms with Gasteiger partial charge >= 0.3 is 6.03 Å². The van der Waals surface area contributed by atoms with Crippen molar-refractivity contribution >= 4 is 43.3 Å². The number of thiazole rings is 1. The van der Waals surface area contributed by atoms with E-state index in [-0.39, 0.29) is 61.9 Å². The van der Waals surface area contributed by atoms with Gasteiger partial charge in [-0.15, -0.1) is 11.3 Å². The number of carbonyl (C=O) groups is 2. The van der Waals surface area contributed by atoms with Crippen molar-refractivity contribution < 1.29 is 36.3 Å². The highest BCUT2D eigenvalue weighted by Crippen LogP contribution is 2.24. The molecule has 0 spiro atoms. The average Bonchev–Trinajstić information content (AvgIpc) is 3.69. The molecule has 3 aromatic rings. The molecule has 286 valence electrons. The Morgan fingerprint density at radius 3 is 2.29 bits per heavy atom. The molecule has 17 heteroatoms. The minimum atomic E-state index is -4.03. The highest BCUT2D eigenvalue weighted by atomic mass is 32.2. The number of aliphatic hydroxyl groups excluding tert-OH is 1. The number of nitrogens with zero attached hydrogens (tertiary/aromatic N) is 4. The van der Waals surface area contributed by atoms with Gasteiger partial charge in [0.1, 0.15) is 16.8 Å². The van der Waals surface area contributed by atoms with Crippen LogP contribution in [0.15, 0.2) is 64.9 Å². The first-order valence-corrected chi connectivity index (χ1v) is 21.3. The van der Waals surface area contributed by atoms with Crippen molar-refractivity contribution in [1.82, 2.24) is 29.1 Å². The lowest BCUT2D eigenvalue weighted by Gasteiger charge is -2.34. The van der Waals surface area contributed by atoms with Crippen LogP contribution in [0, 0.1) is 11.8 Å². The number of ether oxygens (including phenoxy) is 1. The topological polar surface area (TPSA) is 179 Å². The second-order valence-corrected chi connectivity index (χ2v) is 18.4. The Kier molecular flexibility index (Phi) is 14.2. The number of hydrogen-bond donors (Lipinski definition) is 3. The quantitative estimate of drug-likeness (QED) is 0.165. The van der Waals surface area contributed by atoms with Gasteiger partial charge in [0.05, 0.1) is 49.2 Å². The summed E-state index contributed by atoms with van der Waals surface area (Å²) in [4.78, 5) is 35.5. The average molecular weight is 779 g/mol. The summed E-state index contributed by atoms with van der Waals surface area (Å²) in [5.74, 6) is -0.298. The third-order valence-corrected chi connectivity index (χ3v) is 12.0. The predicted molar refractivity (Wildman–Crippen MR) is 200 cm³/mol. The lowest BCUT2D eigenvalue weighted by atomic mass is 9.97. The number of methoxy groups -OCH3 is 1. The van der Waals surface area contributed by atoms with Crippen molar-refractivity contribution in [3.63, 3.8) is 0 Å². The van der Waals surface area contributed by atoms with E-state index in [2.05, 4.69) is 15.0 Å². The van der Waals surface area contributed by atoms with Gasteiger partial charge in [-0.3, -0.25) is 4.79 Å². The molecule has 0 radical (unpaired) electrons. The number of urea groups is 1. The number of aromatic nitrogens is 1. The number of amides is 3. The molecule has 2 aromatic carbocycles. The highest BCUT2D eigenvalue weighted by molar-refractivity contribution is 7.89. The lowest BCUT2D eigenvalue weighted by molar-refractivity contribution is -0.128. The number of rotatable bonds is 19. The standard InChI is InChI=1S/C35H50N6O8S3/c1-24(2)20-40(52(47,48)29-14-12-28(49-5)13-15-29)22-31(42)30(18-26-10-8-7-9-11-26)38-34(43)33(25(3)4)41-17-16-39(35(41)44)21-27-23-50-32(37-27)19-36-51(6,45)46/h7-15,23-25,30-31,33,36,42H,16-22H2,1-6H3,(H,38,43)/t30-,31+,33-/m0/s1. The molecule has 0 saturated carbocycles. The third-order valence-electron chi connectivity index (χ3n) is 8.55. The molecule has 1 aromatic heterocycles. The second-order valence-electron chi connectivity index (χ2n) is 13.7. The molecule has 14 nitrogen and oxygen atoms in total. The Labute approximate surface area is 311 Å². The molecular formula is C35H50N6O8S3. The zero-order chi connectivity index (χ0) is 38.2. The third kappa shape index (κ3) is 11.2. The van der Waals surface area contributed by atoms with Crippen LogP contribution in [-0.2, 0) is 44.4 Å². The molecule has 4 rings (SSSR count). The van der Waals surface area contributed by atoms with Crippen LogP contribution in [0.3, 0.4) is 0 Å². The van der Waals surface area contributed by atoms with Crippen molar-refractivity contribution in [3.05, 3.63) is 76.2 Å². The molecular weight excluding hydrogens is 729 g/mol. The monoisotopic (exact) mass is 778 g/mol. The van der Waals surface area contributed by atoms with Crippen LogP contribution in [-0.4, -0.2) is 111 Å². The molecule has 3 atom stereocenters. The van der Waals surface area contributed by atoms with E-state index < -0.39 is 44.1 Å². The van der Waals surface area contributed by atoms with Gasteiger partial charge in [0.2, 0.25) is 26.0 Å². The number of sulfonamides is 2. The summed E-state index contributed by atoms with van der Waals surface area (Å²) in [5, 5.41) is 17.1. The molecule has 1 fully saturated rings. The maximum Gasteiger partial charge on any atom is 0.321 e. The zero-order valence-electron chi connectivity index (χ0n) is 30.4. The first-order valence-electron chi connectivity index (χ1n) is 17.1. The van der Waals surface area contributed by atoms with Crippen molar-refractivity contribution in [2.45, 2.75) is 70.3 Å². The van der Waals surface area contributed by atoms with E-state index in [1.807, 2.05) is 58.0 Å². The lowest BCUT2D eigenvalue weighted by Crippen LogP contribution is -2.57. The fourth-order valence-corrected chi connectivity index (χ4v) is 8.87.